The summed E-state index contributed by atoms with van der Waals surface area (Å²) < 4.78 is 13.0. The highest BCUT2D eigenvalue weighted by molar-refractivity contribution is 5.57. The van der Waals surface area contributed by atoms with Crippen LogP contribution in [0.1, 0.15) is 11.1 Å². The molecule has 1 heterocycles. The van der Waals surface area contributed by atoms with Crippen molar-refractivity contribution >= 4 is 11.4 Å². The summed E-state index contributed by atoms with van der Waals surface area (Å²) >= 11 is 0. The molecule has 0 atom stereocenters. The molecule has 2 aromatic rings. The Labute approximate surface area is 131 Å². The fraction of sp³-hybridized carbons (Fsp3) is 0.333. The van der Waals surface area contributed by atoms with E-state index in [0.29, 0.717) is 6.54 Å². The molecule has 0 unspecified atom stereocenters. The molecule has 0 bridgehead atoms. The van der Waals surface area contributed by atoms with Crippen LogP contribution in [0.25, 0.3) is 0 Å². The molecule has 116 valence electrons. The number of anilines is 2. The monoisotopic (exact) mass is 299 g/mol. The first-order valence-corrected chi connectivity index (χ1v) is 7.72. The molecular formula is C18H22FN3. The van der Waals surface area contributed by atoms with Gasteiger partial charge >= 0.3 is 0 Å². The predicted octanol–water partition coefficient (Wildman–Crippen LogP) is 2.92. The van der Waals surface area contributed by atoms with Crippen LogP contribution in [0.3, 0.4) is 0 Å². The molecule has 3 rings (SSSR count). The van der Waals surface area contributed by atoms with Crippen molar-refractivity contribution in [3.63, 3.8) is 0 Å². The quantitative estimate of drug-likeness (QED) is 0.946. The maximum absolute atomic E-state index is 13.0. The first-order chi connectivity index (χ1) is 10.7. The molecule has 0 amide bonds. The third kappa shape index (κ3) is 3.07. The summed E-state index contributed by atoms with van der Waals surface area (Å²) in [4.78, 5) is 4.70. The summed E-state index contributed by atoms with van der Waals surface area (Å²) in [7, 11) is 0. The molecule has 1 aliphatic rings. The third-order valence-electron chi connectivity index (χ3n) is 4.27. The predicted molar refractivity (Wildman–Crippen MR) is 89.9 cm³/mol. The second-order valence-electron chi connectivity index (χ2n) is 5.79. The van der Waals surface area contributed by atoms with Gasteiger partial charge in [0.15, 0.2) is 0 Å². The van der Waals surface area contributed by atoms with E-state index in [2.05, 4.69) is 34.9 Å². The number of rotatable bonds is 3. The molecule has 0 saturated carbocycles. The number of benzene rings is 2. The SMILES string of the molecule is Cc1ccc(CN)c(N2CCN(c3ccc(F)cc3)CC2)c1. The lowest BCUT2D eigenvalue weighted by molar-refractivity contribution is 0.624. The van der Waals surface area contributed by atoms with E-state index in [9.17, 15) is 4.39 Å². The lowest BCUT2D eigenvalue weighted by Gasteiger charge is -2.38. The van der Waals surface area contributed by atoms with E-state index in [1.807, 2.05) is 12.1 Å². The van der Waals surface area contributed by atoms with Gasteiger partial charge in [0.25, 0.3) is 0 Å². The Hall–Kier alpha value is -2.07. The average molecular weight is 299 g/mol. The van der Waals surface area contributed by atoms with Crippen LogP contribution in [0.15, 0.2) is 42.5 Å². The van der Waals surface area contributed by atoms with Crippen molar-refractivity contribution in [2.75, 3.05) is 36.0 Å². The van der Waals surface area contributed by atoms with E-state index >= 15 is 0 Å². The standard InChI is InChI=1S/C18H22FN3/c1-14-2-3-15(13-20)18(12-14)22-10-8-21(9-11-22)17-6-4-16(19)5-7-17/h2-7,12H,8-11,13,20H2,1H3. The summed E-state index contributed by atoms with van der Waals surface area (Å²) in [6, 6.07) is 13.2. The minimum Gasteiger partial charge on any atom is -0.368 e. The Bertz CT molecular complexity index is 631. The van der Waals surface area contributed by atoms with Gasteiger partial charge in [-0.1, -0.05) is 12.1 Å². The molecule has 1 fully saturated rings. The Morgan fingerprint density at radius 3 is 2.23 bits per heavy atom. The number of aryl methyl sites for hydroxylation is 1. The Balaban J connectivity index is 1.71. The van der Waals surface area contributed by atoms with Crippen molar-refractivity contribution < 1.29 is 4.39 Å². The van der Waals surface area contributed by atoms with Gasteiger partial charge in [0, 0.05) is 44.1 Å². The number of piperazine rings is 1. The lowest BCUT2D eigenvalue weighted by Crippen LogP contribution is -2.46. The van der Waals surface area contributed by atoms with Gasteiger partial charge in [-0.3, -0.25) is 0 Å². The van der Waals surface area contributed by atoms with Gasteiger partial charge in [-0.2, -0.15) is 0 Å². The van der Waals surface area contributed by atoms with Crippen molar-refractivity contribution in [3.8, 4) is 0 Å². The van der Waals surface area contributed by atoms with E-state index in [0.717, 1.165) is 31.9 Å². The minimum absolute atomic E-state index is 0.185. The molecule has 0 spiro atoms. The molecule has 0 radical (unpaired) electrons. The van der Waals surface area contributed by atoms with E-state index in [-0.39, 0.29) is 5.82 Å². The molecule has 0 aliphatic carbocycles. The number of nitrogens with zero attached hydrogens (tertiary/aromatic N) is 2. The van der Waals surface area contributed by atoms with Crippen LogP contribution in [-0.4, -0.2) is 26.2 Å². The number of hydrogen-bond acceptors (Lipinski definition) is 3. The van der Waals surface area contributed by atoms with Gasteiger partial charge in [-0.05, 0) is 48.4 Å². The maximum Gasteiger partial charge on any atom is 0.123 e. The number of hydrogen-bond donors (Lipinski definition) is 1. The third-order valence-corrected chi connectivity index (χ3v) is 4.27. The van der Waals surface area contributed by atoms with Gasteiger partial charge in [0.2, 0.25) is 0 Å². The highest BCUT2D eigenvalue weighted by Gasteiger charge is 2.19. The summed E-state index contributed by atoms with van der Waals surface area (Å²) in [6.45, 7) is 6.45. The van der Waals surface area contributed by atoms with Crippen LogP contribution in [0, 0.1) is 12.7 Å². The zero-order valence-electron chi connectivity index (χ0n) is 12.9. The molecule has 4 heteroatoms. The first kappa shape index (κ1) is 14.9. The molecule has 1 saturated heterocycles. The molecule has 1 aliphatic heterocycles. The lowest BCUT2D eigenvalue weighted by atomic mass is 10.1. The van der Waals surface area contributed by atoms with Gasteiger partial charge in [-0.15, -0.1) is 0 Å². The van der Waals surface area contributed by atoms with Crippen molar-refractivity contribution in [1.29, 1.82) is 0 Å². The van der Waals surface area contributed by atoms with E-state index in [4.69, 9.17) is 5.73 Å². The van der Waals surface area contributed by atoms with E-state index < -0.39 is 0 Å². The Morgan fingerprint density at radius 1 is 0.955 bits per heavy atom. The molecule has 0 aromatic heterocycles. The van der Waals surface area contributed by atoms with Crippen molar-refractivity contribution in [2.24, 2.45) is 5.73 Å². The van der Waals surface area contributed by atoms with Gasteiger partial charge in [-0.25, -0.2) is 4.39 Å². The molecule has 22 heavy (non-hydrogen) atoms. The second-order valence-corrected chi connectivity index (χ2v) is 5.79. The van der Waals surface area contributed by atoms with Crippen LogP contribution in [-0.2, 0) is 6.54 Å². The van der Waals surface area contributed by atoms with Crippen LogP contribution < -0.4 is 15.5 Å². The Kier molecular flexibility index (Phi) is 4.29. The summed E-state index contributed by atoms with van der Waals surface area (Å²) in [5.41, 5.74) is 10.7. The molecular weight excluding hydrogens is 277 g/mol. The minimum atomic E-state index is -0.185. The maximum atomic E-state index is 13.0. The smallest absolute Gasteiger partial charge is 0.123 e. The zero-order valence-corrected chi connectivity index (χ0v) is 12.9. The first-order valence-electron chi connectivity index (χ1n) is 7.72. The molecule has 2 aromatic carbocycles. The normalized spacial score (nSPS) is 15.2. The van der Waals surface area contributed by atoms with Crippen LogP contribution in [0.4, 0.5) is 15.8 Å². The molecule has 3 nitrogen and oxygen atoms in total. The number of nitrogens with two attached hydrogens (primary N) is 1. The fourth-order valence-electron chi connectivity index (χ4n) is 3.00. The van der Waals surface area contributed by atoms with Gasteiger partial charge in [0.1, 0.15) is 5.82 Å². The van der Waals surface area contributed by atoms with E-state index in [1.54, 1.807) is 0 Å². The second kappa shape index (κ2) is 6.36. The zero-order chi connectivity index (χ0) is 15.5. The van der Waals surface area contributed by atoms with Crippen LogP contribution in [0.5, 0.6) is 0 Å². The number of halogens is 1. The molecule has 2 N–H and O–H groups in total. The summed E-state index contributed by atoms with van der Waals surface area (Å²) in [6.07, 6.45) is 0. The van der Waals surface area contributed by atoms with Gasteiger partial charge in [0.05, 0.1) is 0 Å². The summed E-state index contributed by atoms with van der Waals surface area (Å²) in [5.74, 6) is -0.185. The van der Waals surface area contributed by atoms with Crippen LogP contribution in [0.2, 0.25) is 0 Å². The Morgan fingerprint density at radius 2 is 1.59 bits per heavy atom. The summed E-state index contributed by atoms with van der Waals surface area (Å²) in [5, 5.41) is 0. The highest BCUT2D eigenvalue weighted by atomic mass is 19.1. The van der Waals surface area contributed by atoms with Crippen LogP contribution >= 0.6 is 0 Å². The topological polar surface area (TPSA) is 32.5 Å². The average Bonchev–Trinajstić information content (AvgIpc) is 2.56. The van der Waals surface area contributed by atoms with Crippen molar-refractivity contribution in [1.82, 2.24) is 0 Å². The largest absolute Gasteiger partial charge is 0.368 e. The van der Waals surface area contributed by atoms with Crippen molar-refractivity contribution in [3.05, 3.63) is 59.4 Å². The highest BCUT2D eigenvalue weighted by Crippen LogP contribution is 2.25. The van der Waals surface area contributed by atoms with Gasteiger partial charge < -0.3 is 15.5 Å². The van der Waals surface area contributed by atoms with E-state index in [1.165, 1.54) is 28.9 Å². The fourth-order valence-corrected chi connectivity index (χ4v) is 3.00. The van der Waals surface area contributed by atoms with Crippen molar-refractivity contribution in [2.45, 2.75) is 13.5 Å².